The van der Waals surface area contributed by atoms with Gasteiger partial charge in [-0.2, -0.15) is 0 Å². The third-order valence-corrected chi connectivity index (χ3v) is 7.30. The Hall–Kier alpha value is -2.13. The Bertz CT molecular complexity index is 991. The minimum absolute atomic E-state index is 0.153. The van der Waals surface area contributed by atoms with Crippen LogP contribution in [-0.2, 0) is 24.7 Å². The fourth-order valence-electron chi connectivity index (χ4n) is 3.45. The molecule has 0 saturated heterocycles. The van der Waals surface area contributed by atoms with Crippen LogP contribution in [0.4, 0.5) is 5.82 Å². The van der Waals surface area contributed by atoms with Gasteiger partial charge in [0.25, 0.3) is 0 Å². The van der Waals surface area contributed by atoms with E-state index < -0.39 is 0 Å². The van der Waals surface area contributed by atoms with Crippen LogP contribution in [0.25, 0.3) is 10.7 Å². The lowest BCUT2D eigenvalue weighted by Crippen LogP contribution is -2.14. The van der Waals surface area contributed by atoms with Crippen LogP contribution in [0.3, 0.4) is 0 Å². The molecular formula is C19H23N5O2S2. The smallest absolute Gasteiger partial charge is 0.236 e. The first kappa shape index (κ1) is 19.2. The zero-order chi connectivity index (χ0) is 19.7. The number of aryl methyl sites for hydroxylation is 2. The van der Waals surface area contributed by atoms with Crippen LogP contribution in [0.2, 0.25) is 0 Å². The summed E-state index contributed by atoms with van der Waals surface area (Å²) in [6.07, 6.45) is 4.86. The summed E-state index contributed by atoms with van der Waals surface area (Å²) in [5.74, 6) is 2.83. The summed E-state index contributed by atoms with van der Waals surface area (Å²) in [5.41, 5.74) is 1.47. The topological polar surface area (TPSA) is 85.8 Å². The van der Waals surface area contributed by atoms with Crippen molar-refractivity contribution in [2.24, 2.45) is 13.0 Å². The Labute approximate surface area is 171 Å². The van der Waals surface area contributed by atoms with Crippen molar-refractivity contribution in [1.82, 2.24) is 19.9 Å². The van der Waals surface area contributed by atoms with Gasteiger partial charge in [-0.15, -0.1) is 21.5 Å². The quantitative estimate of drug-likeness (QED) is 0.608. The molecule has 0 saturated carbocycles. The van der Waals surface area contributed by atoms with E-state index in [1.54, 1.807) is 13.0 Å². The molecule has 1 N–H and O–H groups in total. The van der Waals surface area contributed by atoms with Gasteiger partial charge in [-0.3, -0.25) is 4.79 Å². The number of amides is 1. The van der Waals surface area contributed by atoms with Crippen LogP contribution in [0.15, 0.2) is 21.8 Å². The summed E-state index contributed by atoms with van der Waals surface area (Å²) >= 11 is 3.19. The van der Waals surface area contributed by atoms with E-state index >= 15 is 0 Å². The lowest BCUT2D eigenvalue weighted by Gasteiger charge is -2.19. The number of carbonyl (C=O) groups is 1. The van der Waals surface area contributed by atoms with E-state index in [1.807, 2.05) is 23.0 Å². The molecule has 0 bridgehead atoms. The Morgan fingerprint density at radius 2 is 2.29 bits per heavy atom. The van der Waals surface area contributed by atoms with Crippen molar-refractivity contribution in [3.8, 4) is 10.7 Å². The average Bonchev–Trinajstić information content (AvgIpc) is 3.37. The Balaban J connectivity index is 1.42. The second kappa shape index (κ2) is 8.08. The Morgan fingerprint density at radius 3 is 3.04 bits per heavy atom. The van der Waals surface area contributed by atoms with E-state index in [0.717, 1.165) is 21.8 Å². The van der Waals surface area contributed by atoms with E-state index in [4.69, 9.17) is 4.52 Å². The standard InChI is InChI=1S/C19H23N5O2S2/c1-4-12-5-6-14-13(8-12)9-15(28-14)18-21-22-19(24(18)3)27-10-17(25)20-16-7-11(2)26-23-16/h7,9,12H,4-6,8,10H2,1-3H3,(H,20,23,25). The van der Waals surface area contributed by atoms with Crippen molar-refractivity contribution >= 4 is 34.8 Å². The van der Waals surface area contributed by atoms with Crippen molar-refractivity contribution in [3.05, 3.63) is 28.3 Å². The minimum Gasteiger partial charge on any atom is -0.360 e. The SMILES string of the molecule is CCC1CCc2sc(-c3nnc(SCC(=O)Nc4cc(C)on4)n3C)cc2C1. The normalized spacial score (nSPS) is 16.2. The number of hydrogen-bond donors (Lipinski definition) is 1. The fourth-order valence-corrected chi connectivity index (χ4v) is 5.39. The van der Waals surface area contributed by atoms with Gasteiger partial charge in [-0.1, -0.05) is 30.3 Å². The fraction of sp³-hybridized carbons (Fsp3) is 0.474. The second-order valence-electron chi connectivity index (χ2n) is 7.10. The molecule has 3 aromatic heterocycles. The maximum atomic E-state index is 12.1. The summed E-state index contributed by atoms with van der Waals surface area (Å²) < 4.78 is 6.92. The molecule has 7 nitrogen and oxygen atoms in total. The average molecular weight is 418 g/mol. The van der Waals surface area contributed by atoms with Crippen molar-refractivity contribution < 1.29 is 9.32 Å². The molecule has 0 spiro atoms. The maximum absolute atomic E-state index is 12.1. The van der Waals surface area contributed by atoms with E-state index in [2.05, 4.69) is 33.7 Å². The Morgan fingerprint density at radius 1 is 1.43 bits per heavy atom. The van der Waals surface area contributed by atoms with Gasteiger partial charge >= 0.3 is 0 Å². The molecular weight excluding hydrogens is 394 g/mol. The van der Waals surface area contributed by atoms with Crippen molar-refractivity contribution in [3.63, 3.8) is 0 Å². The van der Waals surface area contributed by atoms with Crippen LogP contribution in [0.1, 0.15) is 36.0 Å². The zero-order valence-electron chi connectivity index (χ0n) is 16.2. The molecule has 1 aliphatic rings. The molecule has 0 aliphatic heterocycles. The van der Waals surface area contributed by atoms with Gasteiger partial charge in [0.2, 0.25) is 5.91 Å². The molecule has 1 aliphatic carbocycles. The number of fused-ring (bicyclic) bond motifs is 1. The summed E-state index contributed by atoms with van der Waals surface area (Å²) in [4.78, 5) is 14.7. The van der Waals surface area contributed by atoms with Crippen LogP contribution >= 0.6 is 23.1 Å². The third-order valence-electron chi connectivity index (χ3n) is 5.05. The van der Waals surface area contributed by atoms with Gasteiger partial charge in [0.05, 0.1) is 10.6 Å². The molecule has 1 amide bonds. The van der Waals surface area contributed by atoms with E-state index in [9.17, 15) is 4.79 Å². The number of thiophene rings is 1. The first-order valence-electron chi connectivity index (χ1n) is 9.40. The van der Waals surface area contributed by atoms with Gasteiger partial charge < -0.3 is 14.4 Å². The largest absolute Gasteiger partial charge is 0.360 e. The first-order chi connectivity index (χ1) is 13.5. The summed E-state index contributed by atoms with van der Waals surface area (Å²) in [7, 11) is 1.95. The molecule has 28 heavy (non-hydrogen) atoms. The number of hydrogen-bond acceptors (Lipinski definition) is 7. The highest BCUT2D eigenvalue weighted by Gasteiger charge is 2.22. The zero-order valence-corrected chi connectivity index (χ0v) is 17.8. The number of rotatable bonds is 6. The van der Waals surface area contributed by atoms with E-state index in [-0.39, 0.29) is 11.7 Å². The molecule has 1 unspecified atom stereocenters. The van der Waals surface area contributed by atoms with Crippen molar-refractivity contribution in [2.45, 2.75) is 44.7 Å². The van der Waals surface area contributed by atoms with Gasteiger partial charge in [0.15, 0.2) is 16.8 Å². The predicted molar refractivity (Wildman–Crippen MR) is 111 cm³/mol. The number of nitrogens with zero attached hydrogens (tertiary/aromatic N) is 4. The van der Waals surface area contributed by atoms with E-state index in [0.29, 0.717) is 11.6 Å². The number of anilines is 1. The van der Waals surface area contributed by atoms with E-state index in [1.165, 1.54) is 47.9 Å². The molecule has 148 valence electrons. The van der Waals surface area contributed by atoms with Gasteiger partial charge in [0.1, 0.15) is 5.76 Å². The molecule has 3 aromatic rings. The van der Waals surface area contributed by atoms with Crippen molar-refractivity contribution in [2.75, 3.05) is 11.1 Å². The van der Waals surface area contributed by atoms with Crippen LogP contribution in [0.5, 0.6) is 0 Å². The summed E-state index contributed by atoms with van der Waals surface area (Å²) in [6.45, 7) is 4.05. The third kappa shape index (κ3) is 4.00. The summed E-state index contributed by atoms with van der Waals surface area (Å²) in [5, 5.41) is 15.9. The lowest BCUT2D eigenvalue weighted by atomic mass is 9.87. The first-order valence-corrected chi connectivity index (χ1v) is 11.2. The Kier molecular flexibility index (Phi) is 5.54. The maximum Gasteiger partial charge on any atom is 0.236 e. The minimum atomic E-state index is -0.153. The molecule has 9 heteroatoms. The van der Waals surface area contributed by atoms with Crippen LogP contribution in [-0.4, -0.2) is 31.6 Å². The number of aromatic nitrogens is 4. The van der Waals surface area contributed by atoms with Gasteiger partial charge in [-0.05, 0) is 43.7 Å². The molecule has 0 fully saturated rings. The molecule has 0 aromatic carbocycles. The summed E-state index contributed by atoms with van der Waals surface area (Å²) in [6, 6.07) is 3.96. The van der Waals surface area contributed by atoms with Crippen LogP contribution in [0, 0.1) is 12.8 Å². The molecule has 3 heterocycles. The van der Waals surface area contributed by atoms with Gasteiger partial charge in [0, 0.05) is 18.0 Å². The predicted octanol–water partition coefficient (Wildman–Crippen LogP) is 4.09. The number of thioether (sulfide) groups is 1. The highest BCUT2D eigenvalue weighted by Crippen LogP contribution is 2.38. The highest BCUT2D eigenvalue weighted by atomic mass is 32.2. The van der Waals surface area contributed by atoms with Crippen LogP contribution < -0.4 is 5.32 Å². The monoisotopic (exact) mass is 417 g/mol. The lowest BCUT2D eigenvalue weighted by molar-refractivity contribution is -0.113. The number of nitrogens with one attached hydrogen (secondary N) is 1. The second-order valence-corrected chi connectivity index (χ2v) is 9.18. The number of carbonyl (C=O) groups excluding carboxylic acids is 1. The van der Waals surface area contributed by atoms with Crippen molar-refractivity contribution in [1.29, 1.82) is 0 Å². The highest BCUT2D eigenvalue weighted by molar-refractivity contribution is 7.99. The molecule has 4 rings (SSSR count). The van der Waals surface area contributed by atoms with Gasteiger partial charge in [-0.25, -0.2) is 0 Å². The molecule has 1 atom stereocenters. The molecule has 0 radical (unpaired) electrons.